The lowest BCUT2D eigenvalue weighted by Crippen LogP contribution is -2.42. The van der Waals surface area contributed by atoms with Gasteiger partial charge >= 0.3 is 0 Å². The minimum Gasteiger partial charge on any atom is -0.493 e. The summed E-state index contributed by atoms with van der Waals surface area (Å²) in [6, 6.07) is 8.70. The number of rotatable bonds is 6. The van der Waals surface area contributed by atoms with Gasteiger partial charge in [0.1, 0.15) is 5.69 Å². The van der Waals surface area contributed by atoms with Gasteiger partial charge in [-0.3, -0.25) is 14.6 Å². The van der Waals surface area contributed by atoms with Crippen LogP contribution in [0.2, 0.25) is 0 Å². The highest BCUT2D eigenvalue weighted by Gasteiger charge is 2.27. The molecule has 2 aromatic heterocycles. The van der Waals surface area contributed by atoms with Crippen molar-refractivity contribution in [3.8, 4) is 23.0 Å². The van der Waals surface area contributed by atoms with Crippen LogP contribution in [0.15, 0.2) is 53.7 Å². The van der Waals surface area contributed by atoms with E-state index in [9.17, 15) is 9.59 Å². The molecule has 0 bridgehead atoms. The highest BCUT2D eigenvalue weighted by molar-refractivity contribution is 5.78. The first-order chi connectivity index (χ1) is 15.1. The van der Waals surface area contributed by atoms with Gasteiger partial charge in [0.2, 0.25) is 0 Å². The van der Waals surface area contributed by atoms with Crippen molar-refractivity contribution in [1.29, 1.82) is 0 Å². The summed E-state index contributed by atoms with van der Waals surface area (Å²) >= 11 is 0. The van der Waals surface area contributed by atoms with Crippen molar-refractivity contribution in [2.75, 3.05) is 26.8 Å². The largest absolute Gasteiger partial charge is 0.493 e. The van der Waals surface area contributed by atoms with E-state index in [0.717, 1.165) is 12.8 Å². The summed E-state index contributed by atoms with van der Waals surface area (Å²) in [4.78, 5) is 42.2. The highest BCUT2D eigenvalue weighted by Crippen LogP contribution is 2.28. The lowest BCUT2D eigenvalue weighted by molar-refractivity contribution is -0.134. The van der Waals surface area contributed by atoms with Crippen LogP contribution in [0.25, 0.3) is 11.5 Å². The summed E-state index contributed by atoms with van der Waals surface area (Å²) in [6.45, 7) is 1.04. The average molecular weight is 421 g/mol. The average Bonchev–Trinajstić information content (AvgIpc) is 2.83. The molecule has 3 aromatic rings. The van der Waals surface area contributed by atoms with E-state index >= 15 is 0 Å². The molecule has 1 N–H and O–H groups in total. The number of piperidine rings is 1. The number of carbonyl (C=O) groups excluding carboxylic acids is 1. The number of hydrogen-bond donors (Lipinski definition) is 1. The van der Waals surface area contributed by atoms with Crippen LogP contribution in [-0.4, -0.2) is 57.5 Å². The number of nitrogens with zero attached hydrogens (tertiary/aromatic N) is 4. The molecule has 9 nitrogen and oxygen atoms in total. The van der Waals surface area contributed by atoms with Crippen LogP contribution >= 0.6 is 0 Å². The van der Waals surface area contributed by atoms with Crippen molar-refractivity contribution in [2.45, 2.75) is 18.8 Å². The molecule has 1 aromatic carbocycles. The van der Waals surface area contributed by atoms with E-state index in [1.54, 1.807) is 42.7 Å². The second kappa shape index (κ2) is 9.38. The third kappa shape index (κ3) is 4.88. The first-order valence-corrected chi connectivity index (χ1v) is 10.1. The predicted molar refractivity (Wildman–Crippen MR) is 113 cm³/mol. The van der Waals surface area contributed by atoms with Crippen molar-refractivity contribution in [2.24, 2.45) is 0 Å². The Bertz CT molecular complexity index is 1100. The summed E-state index contributed by atoms with van der Waals surface area (Å²) in [6.07, 6.45) is 6.31. The lowest BCUT2D eigenvalue weighted by atomic mass is 9.94. The van der Waals surface area contributed by atoms with Gasteiger partial charge in [0.05, 0.1) is 19.0 Å². The molecule has 1 aliphatic heterocycles. The Balaban J connectivity index is 1.45. The number of H-pyrrole nitrogens is 1. The molecule has 31 heavy (non-hydrogen) atoms. The fraction of sp³-hybridized carbons (Fsp3) is 0.318. The first kappa shape index (κ1) is 20.5. The molecule has 0 radical (unpaired) electrons. The molecule has 0 spiro atoms. The fourth-order valence-corrected chi connectivity index (χ4v) is 3.64. The standard InChI is InChI=1S/C22H23N5O4/c1-30-18-6-2-3-7-19(18)31-14-21(29)27-10-4-5-15(13-27)16-11-20(28)26-22(25-16)17-12-23-8-9-24-17/h2-3,6-9,11-12,15H,4-5,10,13-14H2,1H3,(H,25,26,28). The number of nitrogens with one attached hydrogen (secondary N) is 1. The van der Waals surface area contributed by atoms with Crippen LogP contribution in [0.1, 0.15) is 24.5 Å². The Kier molecular flexibility index (Phi) is 6.21. The topological polar surface area (TPSA) is 110 Å². The number of amides is 1. The van der Waals surface area contributed by atoms with Gasteiger partial charge in [0, 0.05) is 37.5 Å². The minimum atomic E-state index is -0.256. The third-order valence-electron chi connectivity index (χ3n) is 5.18. The molecule has 0 aliphatic carbocycles. The van der Waals surface area contributed by atoms with E-state index in [0.29, 0.717) is 41.8 Å². The van der Waals surface area contributed by atoms with Gasteiger partial charge in [-0.05, 0) is 25.0 Å². The number of ether oxygens (including phenoxy) is 2. The highest BCUT2D eigenvalue weighted by atomic mass is 16.5. The third-order valence-corrected chi connectivity index (χ3v) is 5.18. The van der Waals surface area contributed by atoms with Gasteiger partial charge in [-0.25, -0.2) is 9.97 Å². The van der Waals surface area contributed by atoms with E-state index in [-0.39, 0.29) is 24.0 Å². The zero-order valence-corrected chi connectivity index (χ0v) is 17.2. The maximum absolute atomic E-state index is 12.8. The number of aromatic amines is 1. The molecule has 1 saturated heterocycles. The van der Waals surface area contributed by atoms with Crippen LogP contribution < -0.4 is 15.0 Å². The molecule has 1 aliphatic rings. The van der Waals surface area contributed by atoms with E-state index < -0.39 is 0 Å². The molecule has 1 unspecified atom stereocenters. The van der Waals surface area contributed by atoms with Crippen molar-refractivity contribution >= 4 is 5.91 Å². The van der Waals surface area contributed by atoms with E-state index in [1.165, 1.54) is 6.07 Å². The molecule has 160 valence electrons. The van der Waals surface area contributed by atoms with Gasteiger partial charge in [-0.15, -0.1) is 0 Å². The SMILES string of the molecule is COc1ccccc1OCC(=O)N1CCCC(c2cc(=O)[nH]c(-c3cnccn3)n2)C1. The Labute approximate surface area is 179 Å². The number of likely N-dealkylation sites (tertiary alicyclic amines) is 1. The second-order valence-electron chi connectivity index (χ2n) is 7.23. The maximum Gasteiger partial charge on any atom is 0.260 e. The molecule has 9 heteroatoms. The zero-order chi connectivity index (χ0) is 21.6. The molecular weight excluding hydrogens is 398 g/mol. The van der Waals surface area contributed by atoms with Crippen LogP contribution in [-0.2, 0) is 4.79 Å². The summed E-state index contributed by atoms with van der Waals surface area (Å²) < 4.78 is 10.9. The van der Waals surface area contributed by atoms with Crippen molar-refractivity contribution in [1.82, 2.24) is 24.8 Å². The van der Waals surface area contributed by atoms with Gasteiger partial charge < -0.3 is 19.4 Å². The van der Waals surface area contributed by atoms with Crippen molar-refractivity contribution in [3.63, 3.8) is 0 Å². The van der Waals surface area contributed by atoms with Crippen molar-refractivity contribution < 1.29 is 14.3 Å². The summed E-state index contributed by atoms with van der Waals surface area (Å²) in [5.41, 5.74) is 0.886. The Hall–Kier alpha value is -3.75. The normalized spacial score (nSPS) is 16.0. The molecule has 1 amide bonds. The van der Waals surface area contributed by atoms with E-state index in [1.807, 2.05) is 12.1 Å². The van der Waals surface area contributed by atoms with Gasteiger partial charge in [0.25, 0.3) is 11.5 Å². The maximum atomic E-state index is 12.8. The number of carbonyl (C=O) groups is 1. The Morgan fingerprint density at radius 1 is 1.26 bits per heavy atom. The molecular formula is C22H23N5O4. The smallest absolute Gasteiger partial charge is 0.260 e. The molecule has 1 fully saturated rings. The van der Waals surface area contributed by atoms with Crippen LogP contribution in [0, 0.1) is 0 Å². The summed E-state index contributed by atoms with van der Waals surface area (Å²) in [5, 5.41) is 0. The minimum absolute atomic E-state index is 0.0401. The fourth-order valence-electron chi connectivity index (χ4n) is 3.64. The lowest BCUT2D eigenvalue weighted by Gasteiger charge is -2.32. The van der Waals surface area contributed by atoms with E-state index in [2.05, 4.69) is 19.9 Å². The summed E-state index contributed by atoms with van der Waals surface area (Å²) in [5.74, 6) is 1.32. The number of para-hydroxylation sites is 2. The first-order valence-electron chi connectivity index (χ1n) is 10.1. The number of methoxy groups -OCH3 is 1. The zero-order valence-electron chi connectivity index (χ0n) is 17.2. The number of hydrogen-bond acceptors (Lipinski definition) is 7. The molecule has 3 heterocycles. The number of aromatic nitrogens is 4. The van der Waals surface area contributed by atoms with Crippen LogP contribution in [0.3, 0.4) is 0 Å². The monoisotopic (exact) mass is 421 g/mol. The molecule has 4 rings (SSSR count). The molecule has 1 atom stereocenters. The van der Waals surface area contributed by atoms with Crippen LogP contribution in [0.4, 0.5) is 0 Å². The Morgan fingerprint density at radius 2 is 2.10 bits per heavy atom. The predicted octanol–water partition coefficient (Wildman–Crippen LogP) is 2.02. The van der Waals surface area contributed by atoms with Crippen molar-refractivity contribution in [3.05, 3.63) is 65.0 Å². The quantitative estimate of drug-likeness (QED) is 0.648. The summed E-state index contributed by atoms with van der Waals surface area (Å²) in [7, 11) is 1.56. The Morgan fingerprint density at radius 3 is 2.87 bits per heavy atom. The molecule has 0 saturated carbocycles. The van der Waals surface area contributed by atoms with Gasteiger partial charge in [0.15, 0.2) is 23.9 Å². The number of benzene rings is 1. The van der Waals surface area contributed by atoms with Gasteiger partial charge in [-0.1, -0.05) is 12.1 Å². The van der Waals surface area contributed by atoms with Crippen LogP contribution in [0.5, 0.6) is 11.5 Å². The second-order valence-corrected chi connectivity index (χ2v) is 7.23. The van der Waals surface area contributed by atoms with Gasteiger partial charge in [-0.2, -0.15) is 0 Å². The van der Waals surface area contributed by atoms with E-state index in [4.69, 9.17) is 9.47 Å².